The molecule has 0 unspecified atom stereocenters. The van der Waals surface area contributed by atoms with Gasteiger partial charge in [0, 0.05) is 6.42 Å². The average molecular weight is 606 g/mol. The molecule has 246 valence electrons. The predicted molar refractivity (Wildman–Crippen MR) is 172 cm³/mol. The number of amides is 1. The molecule has 0 fully saturated rings. The summed E-state index contributed by atoms with van der Waals surface area (Å²) in [6.45, 7) is 4.08. The molecule has 0 radical (unpaired) electrons. The Morgan fingerprint density at radius 1 is 0.610 bits per heavy atom. The fraction of sp³-hybridized carbons (Fsp3) is 0.970. The van der Waals surface area contributed by atoms with E-state index < -0.39 is 26.6 Å². The molecule has 0 aromatic heterocycles. The van der Waals surface area contributed by atoms with Gasteiger partial charge < -0.3 is 20.2 Å². The van der Waals surface area contributed by atoms with Gasteiger partial charge in [0.05, 0.1) is 18.8 Å². The van der Waals surface area contributed by atoms with Gasteiger partial charge in [0.2, 0.25) is 5.91 Å². The van der Waals surface area contributed by atoms with Gasteiger partial charge in [-0.25, -0.2) is 4.57 Å². The van der Waals surface area contributed by atoms with E-state index in [1.165, 1.54) is 122 Å². The fourth-order valence-electron chi connectivity index (χ4n) is 5.40. The van der Waals surface area contributed by atoms with Crippen molar-refractivity contribution < 1.29 is 28.8 Å². The van der Waals surface area contributed by atoms with Crippen molar-refractivity contribution in [1.82, 2.24) is 5.32 Å². The predicted octanol–water partition coefficient (Wildman–Crippen LogP) is 9.51. The minimum atomic E-state index is -4.67. The molecule has 0 aromatic carbocycles. The maximum Gasteiger partial charge on any atom is 0.469 e. The normalized spacial score (nSPS) is 13.4. The van der Waals surface area contributed by atoms with Crippen LogP contribution in [-0.2, 0) is 13.9 Å². The number of aliphatic hydroxyl groups excluding tert-OH is 1. The average Bonchev–Trinajstić information content (AvgIpc) is 2.93. The maximum absolute atomic E-state index is 12.5. The van der Waals surface area contributed by atoms with Crippen LogP contribution in [0.25, 0.3) is 0 Å². The Morgan fingerprint density at radius 2 is 0.951 bits per heavy atom. The SMILES string of the molecule is CCCCCCCCCCCCCCCCCCC(=O)N[C@@H](COP(=O)(O)O)[C@H](O)CCCCCCCCCCC. The van der Waals surface area contributed by atoms with Crippen LogP contribution in [0.4, 0.5) is 0 Å². The van der Waals surface area contributed by atoms with Crippen molar-refractivity contribution in [2.75, 3.05) is 6.61 Å². The van der Waals surface area contributed by atoms with Gasteiger partial charge in [-0.3, -0.25) is 9.32 Å². The van der Waals surface area contributed by atoms with Crippen molar-refractivity contribution in [2.45, 2.75) is 199 Å². The number of hydrogen-bond donors (Lipinski definition) is 4. The Balaban J connectivity index is 3.93. The molecule has 2 atom stereocenters. The van der Waals surface area contributed by atoms with E-state index in [1.54, 1.807) is 0 Å². The molecule has 0 rings (SSSR count). The molecule has 0 aliphatic heterocycles. The third-order valence-electron chi connectivity index (χ3n) is 8.09. The highest BCUT2D eigenvalue weighted by molar-refractivity contribution is 7.46. The van der Waals surface area contributed by atoms with E-state index in [9.17, 15) is 14.5 Å². The topological polar surface area (TPSA) is 116 Å². The van der Waals surface area contributed by atoms with Crippen LogP contribution >= 0.6 is 7.82 Å². The molecule has 0 spiro atoms. The van der Waals surface area contributed by atoms with Gasteiger partial charge in [0.25, 0.3) is 0 Å². The van der Waals surface area contributed by atoms with Crippen molar-refractivity contribution in [3.8, 4) is 0 Å². The van der Waals surface area contributed by atoms with Crippen LogP contribution in [0.5, 0.6) is 0 Å². The van der Waals surface area contributed by atoms with E-state index in [2.05, 4.69) is 23.7 Å². The van der Waals surface area contributed by atoms with Crippen molar-refractivity contribution >= 4 is 13.7 Å². The Morgan fingerprint density at radius 3 is 1.32 bits per heavy atom. The standard InChI is InChI=1S/C33H68NO6P/c1-3-5-7-9-11-13-14-15-16-17-18-19-21-23-25-27-29-33(36)34-31(30-40-41(37,38)39)32(35)28-26-24-22-20-12-10-8-6-4-2/h31-32,35H,3-30H2,1-2H3,(H,34,36)(H2,37,38,39)/t31-,32+/m0/s1. The molecule has 0 saturated heterocycles. The number of phosphoric acid groups is 1. The Kier molecular flexibility index (Phi) is 29.3. The summed E-state index contributed by atoms with van der Waals surface area (Å²) in [6, 6.07) is -0.815. The number of rotatable bonds is 32. The smallest absolute Gasteiger partial charge is 0.391 e. The molecular formula is C33H68NO6P. The highest BCUT2D eigenvalue weighted by Gasteiger charge is 2.25. The van der Waals surface area contributed by atoms with E-state index in [0.717, 1.165) is 38.5 Å². The van der Waals surface area contributed by atoms with E-state index >= 15 is 0 Å². The van der Waals surface area contributed by atoms with Crippen LogP contribution in [-0.4, -0.2) is 39.6 Å². The largest absolute Gasteiger partial charge is 0.469 e. The molecule has 0 saturated carbocycles. The van der Waals surface area contributed by atoms with Crippen LogP contribution in [0.1, 0.15) is 187 Å². The van der Waals surface area contributed by atoms with Crippen LogP contribution in [0.2, 0.25) is 0 Å². The van der Waals surface area contributed by atoms with Crippen LogP contribution < -0.4 is 5.32 Å². The van der Waals surface area contributed by atoms with Crippen molar-refractivity contribution in [2.24, 2.45) is 0 Å². The van der Waals surface area contributed by atoms with Gasteiger partial charge in [-0.05, 0) is 12.8 Å². The number of aliphatic hydroxyl groups is 1. The molecule has 0 aliphatic carbocycles. The summed E-state index contributed by atoms with van der Waals surface area (Å²) in [4.78, 5) is 30.7. The Labute approximate surface area is 253 Å². The monoisotopic (exact) mass is 605 g/mol. The molecule has 0 aliphatic rings. The van der Waals surface area contributed by atoms with E-state index in [1.807, 2.05) is 0 Å². The molecule has 0 aromatic rings. The summed E-state index contributed by atoms with van der Waals surface area (Å²) < 4.78 is 15.8. The maximum atomic E-state index is 12.5. The lowest BCUT2D eigenvalue weighted by Crippen LogP contribution is -2.46. The number of carbonyl (C=O) groups is 1. The number of carbonyl (C=O) groups excluding carboxylic acids is 1. The fourth-order valence-corrected chi connectivity index (χ4v) is 5.76. The van der Waals surface area contributed by atoms with Crippen LogP contribution in [0.15, 0.2) is 0 Å². The Hall–Kier alpha value is -0.460. The lowest BCUT2D eigenvalue weighted by Gasteiger charge is -2.24. The zero-order valence-electron chi connectivity index (χ0n) is 27.0. The molecule has 8 heteroatoms. The first-order valence-corrected chi connectivity index (χ1v) is 19.0. The van der Waals surface area contributed by atoms with Crippen LogP contribution in [0.3, 0.4) is 0 Å². The van der Waals surface area contributed by atoms with Crippen LogP contribution in [0, 0.1) is 0 Å². The van der Waals surface area contributed by atoms with Crippen molar-refractivity contribution in [3.63, 3.8) is 0 Å². The number of hydrogen-bond acceptors (Lipinski definition) is 4. The lowest BCUT2D eigenvalue weighted by molar-refractivity contribution is -0.123. The lowest BCUT2D eigenvalue weighted by atomic mass is 10.0. The van der Waals surface area contributed by atoms with Crippen molar-refractivity contribution in [1.29, 1.82) is 0 Å². The second-order valence-electron chi connectivity index (χ2n) is 12.2. The molecule has 1 amide bonds. The first-order valence-electron chi connectivity index (χ1n) is 17.5. The molecule has 0 heterocycles. The molecular weight excluding hydrogens is 537 g/mol. The number of phosphoric ester groups is 1. The van der Waals surface area contributed by atoms with Gasteiger partial charge in [-0.2, -0.15) is 0 Å². The molecule has 41 heavy (non-hydrogen) atoms. The third-order valence-corrected chi connectivity index (χ3v) is 8.58. The summed E-state index contributed by atoms with van der Waals surface area (Å²) in [5.74, 6) is -0.194. The first kappa shape index (κ1) is 40.5. The second kappa shape index (κ2) is 29.6. The first-order chi connectivity index (χ1) is 19.8. The highest BCUT2D eigenvalue weighted by atomic mass is 31.2. The minimum Gasteiger partial charge on any atom is -0.391 e. The Bertz CT molecular complexity index is 615. The van der Waals surface area contributed by atoms with Gasteiger partial charge in [-0.1, -0.05) is 168 Å². The third kappa shape index (κ3) is 30.8. The minimum absolute atomic E-state index is 0.194. The number of unbranched alkanes of at least 4 members (excludes halogenated alkanes) is 23. The summed E-state index contributed by atoms with van der Waals surface area (Å²) in [5, 5.41) is 13.4. The molecule has 0 bridgehead atoms. The van der Waals surface area contributed by atoms with Crippen molar-refractivity contribution in [3.05, 3.63) is 0 Å². The zero-order chi connectivity index (χ0) is 30.4. The quantitative estimate of drug-likeness (QED) is 0.0448. The summed E-state index contributed by atoms with van der Waals surface area (Å²) in [7, 11) is -4.67. The van der Waals surface area contributed by atoms with Gasteiger partial charge >= 0.3 is 7.82 Å². The van der Waals surface area contributed by atoms with E-state index in [4.69, 9.17) is 9.79 Å². The van der Waals surface area contributed by atoms with Gasteiger partial charge in [-0.15, -0.1) is 0 Å². The summed E-state index contributed by atoms with van der Waals surface area (Å²) in [5.41, 5.74) is 0. The van der Waals surface area contributed by atoms with E-state index in [-0.39, 0.29) is 5.91 Å². The molecule has 4 N–H and O–H groups in total. The number of nitrogens with one attached hydrogen (secondary N) is 1. The summed E-state index contributed by atoms with van der Waals surface area (Å²) in [6.07, 6.45) is 30.9. The van der Waals surface area contributed by atoms with Gasteiger partial charge in [0.15, 0.2) is 0 Å². The highest BCUT2D eigenvalue weighted by Crippen LogP contribution is 2.36. The van der Waals surface area contributed by atoms with E-state index in [0.29, 0.717) is 12.8 Å². The zero-order valence-corrected chi connectivity index (χ0v) is 27.9. The molecule has 7 nitrogen and oxygen atoms in total. The summed E-state index contributed by atoms with van der Waals surface area (Å²) >= 11 is 0. The second-order valence-corrected chi connectivity index (χ2v) is 13.4. The van der Waals surface area contributed by atoms with Gasteiger partial charge in [0.1, 0.15) is 0 Å².